The molecule has 1 aromatic heterocycles. The number of hydrogen-bond acceptors (Lipinski definition) is 6. The first-order valence-corrected chi connectivity index (χ1v) is 10.5. The molecule has 2 amide bonds. The second-order valence-corrected chi connectivity index (χ2v) is 8.60. The molecular formula is C17H27N3O3S2. The van der Waals surface area contributed by atoms with E-state index in [-0.39, 0.29) is 23.8 Å². The highest BCUT2D eigenvalue weighted by molar-refractivity contribution is 8.00. The molecule has 25 heavy (non-hydrogen) atoms. The SMILES string of the molecule is CCSc1nc(CC(=O)N2CCC(C(=O)N[C@H](C)COC)CC2)cs1. The standard InChI is InChI=1S/C17H27N3O3S2/c1-4-24-17-19-14(11-25-17)9-15(21)20-7-5-13(6-8-20)16(22)18-12(2)10-23-3/h11-13H,4-10H2,1-3H3,(H,18,22)/t12-/m1/s1. The van der Waals surface area contributed by atoms with Crippen molar-refractivity contribution in [3.05, 3.63) is 11.1 Å². The fraction of sp³-hybridized carbons (Fsp3) is 0.706. The lowest BCUT2D eigenvalue weighted by molar-refractivity contribution is -0.135. The first-order chi connectivity index (χ1) is 12.0. The van der Waals surface area contributed by atoms with E-state index in [4.69, 9.17) is 4.74 Å². The lowest BCUT2D eigenvalue weighted by atomic mass is 9.95. The van der Waals surface area contributed by atoms with E-state index in [1.54, 1.807) is 30.2 Å². The topological polar surface area (TPSA) is 71.5 Å². The van der Waals surface area contributed by atoms with Crippen molar-refractivity contribution < 1.29 is 14.3 Å². The van der Waals surface area contributed by atoms with Gasteiger partial charge in [-0.1, -0.05) is 18.7 Å². The van der Waals surface area contributed by atoms with Crippen LogP contribution in [-0.4, -0.2) is 60.3 Å². The Morgan fingerprint density at radius 1 is 1.48 bits per heavy atom. The van der Waals surface area contributed by atoms with E-state index in [9.17, 15) is 9.59 Å². The molecule has 2 heterocycles. The van der Waals surface area contributed by atoms with Crippen LogP contribution in [0.2, 0.25) is 0 Å². The van der Waals surface area contributed by atoms with Gasteiger partial charge in [0.25, 0.3) is 0 Å². The van der Waals surface area contributed by atoms with Crippen molar-refractivity contribution in [1.82, 2.24) is 15.2 Å². The van der Waals surface area contributed by atoms with Crippen LogP contribution in [0.3, 0.4) is 0 Å². The molecule has 0 radical (unpaired) electrons. The average molecular weight is 386 g/mol. The second-order valence-electron chi connectivity index (χ2n) is 6.23. The van der Waals surface area contributed by atoms with E-state index in [0.29, 0.717) is 39.0 Å². The zero-order valence-corrected chi connectivity index (χ0v) is 16.8. The number of carbonyl (C=O) groups excluding carboxylic acids is 2. The summed E-state index contributed by atoms with van der Waals surface area (Å²) in [5, 5.41) is 4.94. The molecule has 2 rings (SSSR count). The number of hydrogen-bond donors (Lipinski definition) is 1. The van der Waals surface area contributed by atoms with E-state index in [1.807, 2.05) is 17.2 Å². The Morgan fingerprint density at radius 3 is 2.84 bits per heavy atom. The Kier molecular flexibility index (Phi) is 8.18. The van der Waals surface area contributed by atoms with Gasteiger partial charge >= 0.3 is 0 Å². The highest BCUT2D eigenvalue weighted by Gasteiger charge is 2.28. The summed E-state index contributed by atoms with van der Waals surface area (Å²) in [7, 11) is 1.62. The number of thioether (sulfide) groups is 1. The molecule has 0 spiro atoms. The molecule has 0 saturated carbocycles. The fourth-order valence-electron chi connectivity index (χ4n) is 2.87. The lowest BCUT2D eigenvalue weighted by Gasteiger charge is -2.31. The molecule has 1 N–H and O–H groups in total. The number of nitrogens with one attached hydrogen (secondary N) is 1. The molecule has 8 heteroatoms. The Balaban J connectivity index is 1.76. The monoisotopic (exact) mass is 385 g/mol. The van der Waals surface area contributed by atoms with Crippen LogP contribution in [0.15, 0.2) is 9.72 Å². The Bertz CT molecular complexity index is 571. The summed E-state index contributed by atoms with van der Waals surface area (Å²) in [5.74, 6) is 1.14. The van der Waals surface area contributed by atoms with E-state index >= 15 is 0 Å². The predicted octanol–water partition coefficient (Wildman–Crippen LogP) is 2.19. The van der Waals surface area contributed by atoms with Crippen LogP contribution in [0.25, 0.3) is 0 Å². The maximum Gasteiger partial charge on any atom is 0.228 e. The van der Waals surface area contributed by atoms with Crippen molar-refractivity contribution >= 4 is 34.9 Å². The highest BCUT2D eigenvalue weighted by Crippen LogP contribution is 2.23. The van der Waals surface area contributed by atoms with E-state index in [1.165, 1.54) is 0 Å². The Labute approximate surface area is 157 Å². The zero-order chi connectivity index (χ0) is 18.2. The van der Waals surface area contributed by atoms with Crippen LogP contribution in [0.1, 0.15) is 32.4 Å². The molecule has 0 bridgehead atoms. The van der Waals surface area contributed by atoms with Crippen LogP contribution < -0.4 is 5.32 Å². The van der Waals surface area contributed by atoms with Crippen molar-refractivity contribution in [2.45, 2.75) is 43.5 Å². The molecule has 6 nitrogen and oxygen atoms in total. The van der Waals surface area contributed by atoms with Gasteiger partial charge < -0.3 is 15.0 Å². The smallest absolute Gasteiger partial charge is 0.228 e. The summed E-state index contributed by atoms with van der Waals surface area (Å²) < 4.78 is 6.06. The molecular weight excluding hydrogens is 358 g/mol. The number of piperidine rings is 1. The predicted molar refractivity (Wildman–Crippen MR) is 101 cm³/mol. The summed E-state index contributed by atoms with van der Waals surface area (Å²) >= 11 is 3.29. The first kappa shape index (κ1) is 20.2. The third-order valence-electron chi connectivity index (χ3n) is 4.15. The van der Waals surface area contributed by atoms with Crippen LogP contribution >= 0.6 is 23.1 Å². The molecule has 0 aromatic carbocycles. The number of carbonyl (C=O) groups is 2. The summed E-state index contributed by atoms with van der Waals surface area (Å²) in [5.41, 5.74) is 0.846. The minimum absolute atomic E-state index is 0.0111. The zero-order valence-electron chi connectivity index (χ0n) is 15.1. The fourth-order valence-corrected chi connectivity index (χ4v) is 4.61. The third-order valence-corrected chi connectivity index (χ3v) is 6.11. The first-order valence-electron chi connectivity index (χ1n) is 8.67. The summed E-state index contributed by atoms with van der Waals surface area (Å²) in [6, 6.07) is 0.0111. The van der Waals surface area contributed by atoms with Gasteiger partial charge in [-0.15, -0.1) is 11.3 Å². The maximum absolute atomic E-state index is 12.4. The number of likely N-dealkylation sites (tertiary alicyclic amines) is 1. The van der Waals surface area contributed by atoms with Gasteiger partial charge in [-0.05, 0) is 25.5 Å². The normalized spacial score (nSPS) is 16.7. The molecule has 140 valence electrons. The highest BCUT2D eigenvalue weighted by atomic mass is 32.2. The van der Waals surface area contributed by atoms with Gasteiger partial charge in [-0.3, -0.25) is 9.59 Å². The van der Waals surface area contributed by atoms with Crippen LogP contribution in [0, 0.1) is 5.92 Å². The number of amides is 2. The van der Waals surface area contributed by atoms with Gasteiger partial charge in [-0.25, -0.2) is 4.98 Å². The quantitative estimate of drug-likeness (QED) is 0.695. The minimum Gasteiger partial charge on any atom is -0.383 e. The summed E-state index contributed by atoms with van der Waals surface area (Å²) in [6.45, 7) is 5.80. The lowest BCUT2D eigenvalue weighted by Crippen LogP contribution is -2.46. The van der Waals surface area contributed by atoms with E-state index in [0.717, 1.165) is 15.8 Å². The Hall–Kier alpha value is -1.12. The molecule has 1 fully saturated rings. The van der Waals surface area contributed by atoms with Gasteiger partial charge in [0.2, 0.25) is 11.8 Å². The largest absolute Gasteiger partial charge is 0.383 e. The van der Waals surface area contributed by atoms with Crippen molar-refractivity contribution in [2.24, 2.45) is 5.92 Å². The number of rotatable bonds is 8. The number of nitrogens with zero attached hydrogens (tertiary/aromatic N) is 2. The Morgan fingerprint density at radius 2 is 2.20 bits per heavy atom. The molecule has 1 aromatic rings. The molecule has 1 aliphatic rings. The number of methoxy groups -OCH3 is 1. The van der Waals surface area contributed by atoms with Gasteiger partial charge in [0.1, 0.15) is 4.34 Å². The van der Waals surface area contributed by atoms with Crippen molar-refractivity contribution in [1.29, 1.82) is 0 Å². The maximum atomic E-state index is 12.4. The minimum atomic E-state index is -0.0183. The number of aromatic nitrogens is 1. The van der Waals surface area contributed by atoms with Crippen molar-refractivity contribution in [3.8, 4) is 0 Å². The van der Waals surface area contributed by atoms with E-state index in [2.05, 4.69) is 17.2 Å². The van der Waals surface area contributed by atoms with Gasteiger partial charge in [-0.2, -0.15) is 0 Å². The number of ether oxygens (including phenoxy) is 1. The molecule has 0 aliphatic carbocycles. The van der Waals surface area contributed by atoms with Crippen LogP contribution in [0.5, 0.6) is 0 Å². The van der Waals surface area contributed by atoms with Gasteiger partial charge in [0.05, 0.1) is 18.7 Å². The second kappa shape index (κ2) is 10.1. The van der Waals surface area contributed by atoms with Crippen molar-refractivity contribution in [3.63, 3.8) is 0 Å². The number of thiazole rings is 1. The van der Waals surface area contributed by atoms with Gasteiger partial charge in [0.15, 0.2) is 0 Å². The average Bonchev–Trinajstić information content (AvgIpc) is 3.02. The third kappa shape index (κ3) is 6.27. The van der Waals surface area contributed by atoms with Crippen molar-refractivity contribution in [2.75, 3.05) is 32.6 Å². The molecule has 1 saturated heterocycles. The molecule has 0 unspecified atom stereocenters. The summed E-state index contributed by atoms with van der Waals surface area (Å²) in [6.07, 6.45) is 1.78. The van der Waals surface area contributed by atoms with Crippen LogP contribution in [0.4, 0.5) is 0 Å². The van der Waals surface area contributed by atoms with Gasteiger partial charge in [0, 0.05) is 37.5 Å². The van der Waals surface area contributed by atoms with Crippen LogP contribution in [-0.2, 0) is 20.7 Å². The molecule has 1 atom stereocenters. The summed E-state index contributed by atoms with van der Waals surface area (Å²) in [4.78, 5) is 31.0. The van der Waals surface area contributed by atoms with E-state index < -0.39 is 0 Å². The molecule has 1 aliphatic heterocycles.